The number of aromatic amines is 1. The first-order valence-corrected chi connectivity index (χ1v) is 9.77. The molecule has 3 aromatic heterocycles. The van der Waals surface area contributed by atoms with Gasteiger partial charge in [0.2, 0.25) is 0 Å². The summed E-state index contributed by atoms with van der Waals surface area (Å²) in [6.45, 7) is 1.59. The van der Waals surface area contributed by atoms with Gasteiger partial charge in [-0.15, -0.1) is 0 Å². The van der Waals surface area contributed by atoms with Crippen molar-refractivity contribution < 1.29 is 9.84 Å². The van der Waals surface area contributed by atoms with Gasteiger partial charge in [-0.25, -0.2) is 4.98 Å². The lowest BCUT2D eigenvalue weighted by molar-refractivity contribution is 0.171. The van der Waals surface area contributed by atoms with Crippen molar-refractivity contribution >= 4 is 0 Å². The molecular formula is C23H23N5O2. The van der Waals surface area contributed by atoms with Gasteiger partial charge < -0.3 is 20.1 Å². The highest BCUT2D eigenvalue weighted by Gasteiger charge is 2.07. The van der Waals surface area contributed by atoms with Crippen molar-refractivity contribution in [2.45, 2.75) is 6.10 Å². The lowest BCUT2D eigenvalue weighted by Crippen LogP contribution is -2.26. The van der Waals surface area contributed by atoms with Crippen LogP contribution in [0.4, 0.5) is 0 Å². The van der Waals surface area contributed by atoms with E-state index in [9.17, 15) is 5.11 Å². The summed E-state index contributed by atoms with van der Waals surface area (Å²) in [5, 5.41) is 13.3. The molecule has 0 radical (unpaired) electrons. The number of hydrogen-bond donors (Lipinski definition) is 3. The smallest absolute Gasteiger partial charge is 0.139 e. The summed E-state index contributed by atoms with van der Waals surface area (Å²) in [6.07, 6.45) is 8.12. The molecule has 0 fully saturated rings. The number of aromatic nitrogens is 4. The number of benzene rings is 1. The highest BCUT2D eigenvalue weighted by atomic mass is 16.5. The van der Waals surface area contributed by atoms with E-state index in [0.717, 1.165) is 34.0 Å². The van der Waals surface area contributed by atoms with Crippen molar-refractivity contribution in [3.63, 3.8) is 0 Å². The Bertz CT molecular complexity index is 1040. The minimum Gasteiger partial charge on any atom is -0.492 e. The zero-order chi connectivity index (χ0) is 20.6. The maximum absolute atomic E-state index is 10.1. The van der Waals surface area contributed by atoms with Crippen LogP contribution in [0.5, 0.6) is 5.75 Å². The van der Waals surface area contributed by atoms with Crippen molar-refractivity contribution in [3.8, 4) is 28.4 Å². The number of pyridine rings is 2. The maximum Gasteiger partial charge on any atom is 0.139 e. The van der Waals surface area contributed by atoms with Gasteiger partial charge in [-0.2, -0.15) is 0 Å². The van der Waals surface area contributed by atoms with E-state index >= 15 is 0 Å². The maximum atomic E-state index is 10.1. The summed E-state index contributed by atoms with van der Waals surface area (Å²) in [6, 6.07) is 15.4. The van der Waals surface area contributed by atoms with Gasteiger partial charge >= 0.3 is 0 Å². The Balaban J connectivity index is 1.24. The molecule has 0 amide bonds. The Labute approximate surface area is 174 Å². The minimum absolute atomic E-state index is 0.451. The normalized spacial score (nSPS) is 11.9. The number of nitrogens with zero attached hydrogens (tertiary/aromatic N) is 3. The molecule has 1 atom stereocenters. The SMILES string of the molecule is O[C@@H](CNCCOc1ccc(-c2cnc(-c3cccnc3)[nH]2)cc1)c1cccnc1. The number of aliphatic hydroxyl groups excluding tert-OH is 1. The van der Waals surface area contributed by atoms with E-state index in [2.05, 4.69) is 25.3 Å². The third kappa shape index (κ3) is 5.08. The number of hydrogen-bond acceptors (Lipinski definition) is 6. The number of ether oxygens (including phenoxy) is 1. The molecule has 7 heteroatoms. The molecule has 0 saturated heterocycles. The quantitative estimate of drug-likeness (QED) is 0.373. The summed E-state index contributed by atoms with van der Waals surface area (Å²) in [4.78, 5) is 15.9. The fraction of sp³-hybridized carbons (Fsp3) is 0.174. The van der Waals surface area contributed by atoms with Crippen molar-refractivity contribution in [3.05, 3.63) is 85.1 Å². The van der Waals surface area contributed by atoms with Crippen LogP contribution >= 0.6 is 0 Å². The van der Waals surface area contributed by atoms with Gasteiger partial charge in [-0.3, -0.25) is 9.97 Å². The number of nitrogens with one attached hydrogen (secondary N) is 2. The highest BCUT2D eigenvalue weighted by Crippen LogP contribution is 2.23. The van der Waals surface area contributed by atoms with E-state index in [4.69, 9.17) is 4.74 Å². The standard InChI is InChI=1S/C23H23N5O2/c29-22(18-3-1-9-24-13-18)16-26-11-12-30-20-7-5-17(6-8-20)21-15-27-23(28-21)19-4-2-10-25-14-19/h1-10,13-15,22,26,29H,11-12,16H2,(H,27,28)/t22-/m0/s1. The molecule has 0 unspecified atom stereocenters. The fourth-order valence-electron chi connectivity index (χ4n) is 3.02. The van der Waals surface area contributed by atoms with Gasteiger partial charge in [0.1, 0.15) is 18.2 Å². The van der Waals surface area contributed by atoms with Crippen LogP contribution < -0.4 is 10.1 Å². The van der Waals surface area contributed by atoms with Crippen molar-refractivity contribution in [1.29, 1.82) is 0 Å². The number of H-pyrrole nitrogens is 1. The first-order valence-electron chi connectivity index (χ1n) is 9.77. The van der Waals surface area contributed by atoms with Crippen LogP contribution in [0.15, 0.2) is 79.5 Å². The lowest BCUT2D eigenvalue weighted by Gasteiger charge is -2.12. The van der Waals surface area contributed by atoms with Crippen LogP contribution in [0.3, 0.4) is 0 Å². The molecule has 4 rings (SSSR count). The van der Waals surface area contributed by atoms with Gasteiger partial charge in [0.05, 0.1) is 18.0 Å². The summed E-state index contributed by atoms with van der Waals surface area (Å²) in [7, 11) is 0. The van der Waals surface area contributed by atoms with E-state index in [-0.39, 0.29) is 0 Å². The monoisotopic (exact) mass is 401 g/mol. The van der Waals surface area contributed by atoms with Crippen LogP contribution in [-0.4, -0.2) is 44.7 Å². The molecule has 0 saturated carbocycles. The zero-order valence-electron chi connectivity index (χ0n) is 16.4. The molecule has 0 aliphatic rings. The molecule has 152 valence electrons. The third-order valence-electron chi connectivity index (χ3n) is 4.63. The van der Waals surface area contributed by atoms with Crippen LogP contribution in [0.1, 0.15) is 11.7 Å². The van der Waals surface area contributed by atoms with Gasteiger partial charge in [0.25, 0.3) is 0 Å². The van der Waals surface area contributed by atoms with Crippen LogP contribution in [0, 0.1) is 0 Å². The molecule has 0 aliphatic carbocycles. The molecule has 0 spiro atoms. The lowest BCUT2D eigenvalue weighted by atomic mass is 10.1. The second-order valence-corrected chi connectivity index (χ2v) is 6.77. The minimum atomic E-state index is -0.580. The van der Waals surface area contributed by atoms with Gasteiger partial charge in [0, 0.05) is 49.0 Å². The first-order chi connectivity index (χ1) is 14.8. The van der Waals surface area contributed by atoms with E-state index in [1.54, 1.807) is 24.8 Å². The van der Waals surface area contributed by atoms with Gasteiger partial charge in [-0.1, -0.05) is 6.07 Å². The van der Waals surface area contributed by atoms with Crippen LogP contribution in [-0.2, 0) is 0 Å². The summed E-state index contributed by atoms with van der Waals surface area (Å²) >= 11 is 0. The molecule has 0 aliphatic heterocycles. The van der Waals surface area contributed by atoms with E-state index < -0.39 is 6.10 Å². The predicted octanol–water partition coefficient (Wildman–Crippen LogP) is 3.24. The van der Waals surface area contributed by atoms with E-state index in [0.29, 0.717) is 19.7 Å². The molecule has 4 aromatic rings. The number of rotatable bonds is 9. The summed E-state index contributed by atoms with van der Waals surface area (Å²) in [5.74, 6) is 1.58. The Morgan fingerprint density at radius 1 is 0.933 bits per heavy atom. The van der Waals surface area contributed by atoms with E-state index in [1.807, 2.05) is 54.7 Å². The molecule has 30 heavy (non-hydrogen) atoms. The average Bonchev–Trinajstić information content (AvgIpc) is 3.31. The van der Waals surface area contributed by atoms with Crippen LogP contribution in [0.25, 0.3) is 22.6 Å². The molecule has 1 aromatic carbocycles. The highest BCUT2D eigenvalue weighted by molar-refractivity contribution is 5.64. The third-order valence-corrected chi connectivity index (χ3v) is 4.63. The Morgan fingerprint density at radius 2 is 1.73 bits per heavy atom. The summed E-state index contributed by atoms with van der Waals surface area (Å²) in [5.41, 5.74) is 3.71. The molecular weight excluding hydrogens is 378 g/mol. The molecule has 0 bridgehead atoms. The zero-order valence-corrected chi connectivity index (χ0v) is 16.4. The molecule has 3 heterocycles. The van der Waals surface area contributed by atoms with Gasteiger partial charge in [0.15, 0.2) is 0 Å². The Hall–Kier alpha value is -3.55. The second-order valence-electron chi connectivity index (χ2n) is 6.77. The van der Waals surface area contributed by atoms with Crippen molar-refractivity contribution in [2.24, 2.45) is 0 Å². The molecule has 7 nitrogen and oxygen atoms in total. The fourth-order valence-corrected chi connectivity index (χ4v) is 3.02. The number of imidazole rings is 1. The van der Waals surface area contributed by atoms with E-state index in [1.165, 1.54) is 0 Å². The largest absolute Gasteiger partial charge is 0.492 e. The summed E-state index contributed by atoms with van der Waals surface area (Å²) < 4.78 is 5.77. The van der Waals surface area contributed by atoms with Crippen molar-refractivity contribution in [2.75, 3.05) is 19.7 Å². The Kier molecular flexibility index (Phi) is 6.44. The first kappa shape index (κ1) is 19.8. The second kappa shape index (κ2) is 9.78. The van der Waals surface area contributed by atoms with Crippen LogP contribution in [0.2, 0.25) is 0 Å². The van der Waals surface area contributed by atoms with Gasteiger partial charge in [-0.05, 0) is 48.0 Å². The average molecular weight is 401 g/mol. The Morgan fingerprint density at radius 3 is 2.47 bits per heavy atom. The topological polar surface area (TPSA) is 96.0 Å². The molecule has 3 N–H and O–H groups in total. The predicted molar refractivity (Wildman–Crippen MR) is 115 cm³/mol. The van der Waals surface area contributed by atoms with Crippen molar-refractivity contribution in [1.82, 2.24) is 25.3 Å². The number of aliphatic hydroxyl groups is 1.